The number of rotatable bonds is 1. The number of aryl methyl sites for hydroxylation is 2. The van der Waals surface area contributed by atoms with Gasteiger partial charge >= 0.3 is 0 Å². The predicted molar refractivity (Wildman–Crippen MR) is 80.6 cm³/mol. The Morgan fingerprint density at radius 2 is 2.00 bits per heavy atom. The van der Waals surface area contributed by atoms with Crippen LogP contribution in [0.5, 0.6) is 0 Å². The number of imidazole rings is 1. The maximum absolute atomic E-state index is 8.99. The van der Waals surface area contributed by atoms with E-state index < -0.39 is 0 Å². The topological polar surface area (TPSA) is 41.6 Å². The number of halogens is 1. The minimum Gasteiger partial charge on any atom is -0.327 e. The first-order valence-electron chi connectivity index (χ1n) is 6.23. The SMILES string of the molecule is Cc1ccc(-c2nc3ccc(C#N)cc3n2C)c(Cl)c1. The van der Waals surface area contributed by atoms with Crippen molar-refractivity contribution in [2.75, 3.05) is 0 Å². The fourth-order valence-electron chi connectivity index (χ4n) is 2.30. The zero-order valence-electron chi connectivity index (χ0n) is 11.2. The number of benzene rings is 2. The first kappa shape index (κ1) is 12.7. The number of hydrogen-bond acceptors (Lipinski definition) is 2. The van der Waals surface area contributed by atoms with Crippen molar-refractivity contribution in [2.24, 2.45) is 7.05 Å². The molecule has 0 amide bonds. The van der Waals surface area contributed by atoms with E-state index in [2.05, 4.69) is 11.1 Å². The Morgan fingerprint density at radius 3 is 2.70 bits per heavy atom. The van der Waals surface area contributed by atoms with Gasteiger partial charge in [-0.2, -0.15) is 5.26 Å². The lowest BCUT2D eigenvalue weighted by Crippen LogP contribution is -1.93. The molecule has 0 atom stereocenters. The molecular weight excluding hydrogens is 270 g/mol. The fraction of sp³-hybridized carbons (Fsp3) is 0.125. The minimum atomic E-state index is 0.627. The molecule has 4 heteroatoms. The fourth-order valence-corrected chi connectivity index (χ4v) is 2.62. The highest BCUT2D eigenvalue weighted by Gasteiger charge is 2.13. The third-order valence-corrected chi connectivity index (χ3v) is 3.69. The van der Waals surface area contributed by atoms with Crippen LogP contribution >= 0.6 is 11.6 Å². The summed E-state index contributed by atoms with van der Waals surface area (Å²) in [6, 6.07) is 13.5. The maximum Gasteiger partial charge on any atom is 0.142 e. The van der Waals surface area contributed by atoms with E-state index in [1.165, 1.54) is 0 Å². The summed E-state index contributed by atoms with van der Waals surface area (Å²) in [6.07, 6.45) is 0. The normalized spacial score (nSPS) is 10.7. The molecule has 20 heavy (non-hydrogen) atoms. The minimum absolute atomic E-state index is 0.627. The lowest BCUT2D eigenvalue weighted by molar-refractivity contribution is 0.959. The van der Waals surface area contributed by atoms with Crippen molar-refractivity contribution in [1.29, 1.82) is 5.26 Å². The monoisotopic (exact) mass is 281 g/mol. The third-order valence-electron chi connectivity index (χ3n) is 3.38. The van der Waals surface area contributed by atoms with Crippen LogP contribution in [-0.4, -0.2) is 9.55 Å². The van der Waals surface area contributed by atoms with Gasteiger partial charge in [-0.1, -0.05) is 17.7 Å². The highest BCUT2D eigenvalue weighted by Crippen LogP contribution is 2.30. The van der Waals surface area contributed by atoms with Crippen LogP contribution in [0, 0.1) is 18.3 Å². The largest absolute Gasteiger partial charge is 0.327 e. The van der Waals surface area contributed by atoms with Crippen molar-refractivity contribution in [3.05, 3.63) is 52.5 Å². The molecule has 3 rings (SSSR count). The molecule has 0 aliphatic heterocycles. The molecule has 0 radical (unpaired) electrons. The molecular formula is C16H12ClN3. The summed E-state index contributed by atoms with van der Waals surface area (Å²) in [4.78, 5) is 4.62. The van der Waals surface area contributed by atoms with Gasteiger partial charge in [0.05, 0.1) is 27.7 Å². The Hall–Kier alpha value is -2.31. The zero-order chi connectivity index (χ0) is 14.3. The van der Waals surface area contributed by atoms with Gasteiger partial charge in [-0.25, -0.2) is 4.98 Å². The number of fused-ring (bicyclic) bond motifs is 1. The van der Waals surface area contributed by atoms with Crippen LogP contribution in [0.4, 0.5) is 0 Å². The van der Waals surface area contributed by atoms with Crippen LogP contribution in [0.15, 0.2) is 36.4 Å². The molecule has 0 spiro atoms. The molecule has 3 aromatic rings. The highest BCUT2D eigenvalue weighted by atomic mass is 35.5. The molecule has 98 valence electrons. The number of aromatic nitrogens is 2. The molecule has 1 heterocycles. The Labute approximate surface area is 122 Å². The summed E-state index contributed by atoms with van der Waals surface area (Å²) < 4.78 is 1.96. The number of nitriles is 1. The standard InChI is InChI=1S/C16H12ClN3/c1-10-3-5-12(13(17)7-10)16-19-14-6-4-11(9-18)8-15(14)20(16)2/h3-8H,1-2H3. The van der Waals surface area contributed by atoms with E-state index in [9.17, 15) is 0 Å². The Balaban J connectivity index is 2.27. The van der Waals surface area contributed by atoms with Gasteiger partial charge in [0.15, 0.2) is 0 Å². The van der Waals surface area contributed by atoms with Gasteiger partial charge in [0.2, 0.25) is 0 Å². The van der Waals surface area contributed by atoms with Crippen LogP contribution in [0.1, 0.15) is 11.1 Å². The summed E-state index contributed by atoms with van der Waals surface area (Å²) >= 11 is 6.32. The Morgan fingerprint density at radius 1 is 1.20 bits per heavy atom. The van der Waals surface area contributed by atoms with Crippen LogP contribution < -0.4 is 0 Å². The summed E-state index contributed by atoms with van der Waals surface area (Å²) in [5, 5.41) is 9.67. The van der Waals surface area contributed by atoms with Gasteiger partial charge in [-0.3, -0.25) is 0 Å². The smallest absolute Gasteiger partial charge is 0.142 e. The van der Waals surface area contributed by atoms with Crippen molar-refractivity contribution in [3.63, 3.8) is 0 Å². The molecule has 0 fully saturated rings. The van der Waals surface area contributed by atoms with Gasteiger partial charge in [0.25, 0.3) is 0 Å². The van der Waals surface area contributed by atoms with Gasteiger partial charge in [-0.05, 0) is 42.8 Å². The molecule has 0 aliphatic rings. The molecule has 0 aliphatic carbocycles. The van der Waals surface area contributed by atoms with Crippen molar-refractivity contribution in [2.45, 2.75) is 6.92 Å². The van der Waals surface area contributed by atoms with Crippen molar-refractivity contribution in [3.8, 4) is 17.5 Å². The first-order chi connectivity index (χ1) is 9.60. The number of hydrogen-bond donors (Lipinski definition) is 0. The van der Waals surface area contributed by atoms with Crippen molar-refractivity contribution in [1.82, 2.24) is 9.55 Å². The van der Waals surface area contributed by atoms with Crippen LogP contribution in [0.25, 0.3) is 22.4 Å². The van der Waals surface area contributed by atoms with Gasteiger partial charge in [-0.15, -0.1) is 0 Å². The molecule has 0 N–H and O–H groups in total. The van der Waals surface area contributed by atoms with Gasteiger partial charge in [0.1, 0.15) is 5.82 Å². The molecule has 0 bridgehead atoms. The summed E-state index contributed by atoms with van der Waals surface area (Å²) in [6.45, 7) is 2.00. The first-order valence-corrected chi connectivity index (χ1v) is 6.61. The van der Waals surface area contributed by atoms with E-state index >= 15 is 0 Å². The van der Waals surface area contributed by atoms with E-state index in [1.54, 1.807) is 6.07 Å². The van der Waals surface area contributed by atoms with Crippen LogP contribution in [0.2, 0.25) is 5.02 Å². The molecule has 2 aromatic carbocycles. The highest BCUT2D eigenvalue weighted by molar-refractivity contribution is 6.33. The Bertz CT molecular complexity index is 856. The molecule has 0 saturated carbocycles. The van der Waals surface area contributed by atoms with E-state index in [0.717, 1.165) is 28.0 Å². The third kappa shape index (κ3) is 1.95. The molecule has 3 nitrogen and oxygen atoms in total. The molecule has 0 unspecified atom stereocenters. The van der Waals surface area contributed by atoms with Gasteiger partial charge in [0, 0.05) is 12.6 Å². The van der Waals surface area contributed by atoms with Crippen LogP contribution in [-0.2, 0) is 7.05 Å². The van der Waals surface area contributed by atoms with Gasteiger partial charge < -0.3 is 4.57 Å². The summed E-state index contributed by atoms with van der Waals surface area (Å²) in [7, 11) is 1.93. The van der Waals surface area contributed by atoms with Crippen molar-refractivity contribution < 1.29 is 0 Å². The second-order valence-electron chi connectivity index (χ2n) is 4.79. The van der Waals surface area contributed by atoms with E-state index in [1.807, 2.05) is 48.9 Å². The average molecular weight is 282 g/mol. The van der Waals surface area contributed by atoms with Crippen LogP contribution in [0.3, 0.4) is 0 Å². The zero-order valence-corrected chi connectivity index (χ0v) is 11.9. The maximum atomic E-state index is 8.99. The molecule has 1 aromatic heterocycles. The second kappa shape index (κ2) is 4.66. The molecule has 0 saturated heterocycles. The average Bonchev–Trinajstić information content (AvgIpc) is 2.76. The lowest BCUT2D eigenvalue weighted by atomic mass is 10.1. The quantitative estimate of drug-likeness (QED) is 0.674. The number of nitrogens with zero attached hydrogens (tertiary/aromatic N) is 3. The lowest BCUT2D eigenvalue weighted by Gasteiger charge is -2.05. The van der Waals surface area contributed by atoms with Crippen molar-refractivity contribution >= 4 is 22.6 Å². The predicted octanol–water partition coefficient (Wildman–Crippen LogP) is 4.07. The van der Waals surface area contributed by atoms with E-state index in [4.69, 9.17) is 16.9 Å². The Kier molecular flexibility index (Phi) is 2.96. The summed E-state index contributed by atoms with van der Waals surface area (Å²) in [5.41, 5.74) is 4.43. The van der Waals surface area contributed by atoms with E-state index in [-0.39, 0.29) is 0 Å². The van der Waals surface area contributed by atoms with E-state index in [0.29, 0.717) is 10.6 Å². The summed E-state index contributed by atoms with van der Waals surface area (Å²) in [5.74, 6) is 0.806. The second-order valence-corrected chi connectivity index (χ2v) is 5.20.